The number of anilines is 1. The molecule has 0 spiro atoms. The molecule has 0 fully saturated rings. The maximum Gasteiger partial charge on any atom is 0.113 e. The highest BCUT2D eigenvalue weighted by Gasteiger charge is 2.29. The van der Waals surface area contributed by atoms with Crippen LogP contribution in [-0.2, 0) is 6.54 Å². The predicted molar refractivity (Wildman–Crippen MR) is 127 cm³/mol. The van der Waals surface area contributed by atoms with Crippen LogP contribution in [0.1, 0.15) is 17.3 Å². The molecule has 0 amide bonds. The molecule has 1 aliphatic rings. The summed E-state index contributed by atoms with van der Waals surface area (Å²) in [5.74, 6) is 2.12. The van der Waals surface area contributed by atoms with Gasteiger partial charge in [-0.25, -0.2) is 4.98 Å². The lowest BCUT2D eigenvalue weighted by Gasteiger charge is -2.28. The fourth-order valence-corrected chi connectivity index (χ4v) is 4.03. The molecule has 3 aromatic rings. The van der Waals surface area contributed by atoms with E-state index in [1.165, 1.54) is 5.56 Å². The molecule has 1 unspecified atom stereocenters. The quantitative estimate of drug-likeness (QED) is 0.454. The minimum Gasteiger partial charge on any atom is -0.334 e. The molecule has 2 aromatic carbocycles. The maximum atomic E-state index is 6.50. The molecule has 0 saturated carbocycles. The molecule has 29 heavy (non-hydrogen) atoms. The van der Waals surface area contributed by atoms with Crippen LogP contribution in [-0.4, -0.2) is 28.5 Å². The first-order valence-electron chi connectivity index (χ1n) is 8.93. The number of hydrogen-bond donors (Lipinski definition) is 0. The number of benzene rings is 2. The third-order valence-electron chi connectivity index (χ3n) is 4.89. The Bertz CT molecular complexity index is 972. The van der Waals surface area contributed by atoms with Crippen LogP contribution in [0.3, 0.4) is 0 Å². The summed E-state index contributed by atoms with van der Waals surface area (Å²) in [4.78, 5) is 11.4. The molecule has 0 saturated heterocycles. The highest BCUT2D eigenvalue weighted by molar-refractivity contribution is 6.37. The Morgan fingerprint density at radius 3 is 2.48 bits per heavy atom. The molecule has 0 radical (unpaired) electrons. The zero-order valence-corrected chi connectivity index (χ0v) is 19.0. The van der Waals surface area contributed by atoms with Crippen molar-refractivity contribution in [3.8, 4) is 0 Å². The van der Waals surface area contributed by atoms with Gasteiger partial charge in [0.25, 0.3) is 0 Å². The van der Waals surface area contributed by atoms with Gasteiger partial charge >= 0.3 is 0 Å². The number of halogens is 4. The van der Waals surface area contributed by atoms with Crippen molar-refractivity contribution in [2.45, 2.75) is 19.4 Å². The van der Waals surface area contributed by atoms with Crippen molar-refractivity contribution < 1.29 is 0 Å². The second-order valence-electron chi connectivity index (χ2n) is 6.58. The van der Waals surface area contributed by atoms with Crippen molar-refractivity contribution in [2.24, 2.45) is 4.99 Å². The molecule has 0 bridgehead atoms. The first-order chi connectivity index (χ1) is 13.1. The average Bonchev–Trinajstić information content (AvgIpc) is 3.29. The number of rotatable bonds is 5. The molecule has 154 valence electrons. The zero-order chi connectivity index (χ0) is 18.8. The molecule has 0 aliphatic carbocycles. The van der Waals surface area contributed by atoms with Crippen molar-refractivity contribution in [3.05, 3.63) is 82.4 Å². The third-order valence-corrected chi connectivity index (χ3v) is 5.43. The van der Waals surface area contributed by atoms with Gasteiger partial charge in [0.15, 0.2) is 0 Å². The second-order valence-corrected chi connectivity index (χ2v) is 7.42. The molecule has 4 nitrogen and oxygen atoms in total. The summed E-state index contributed by atoms with van der Waals surface area (Å²) in [6, 6.07) is 16.1. The van der Waals surface area contributed by atoms with E-state index in [4.69, 9.17) is 28.2 Å². The van der Waals surface area contributed by atoms with Crippen LogP contribution in [0.4, 0.5) is 5.69 Å². The molecular weight excluding hydrogens is 450 g/mol. The van der Waals surface area contributed by atoms with Gasteiger partial charge < -0.3 is 9.47 Å². The van der Waals surface area contributed by atoms with E-state index >= 15 is 0 Å². The minimum absolute atomic E-state index is 0. The lowest BCUT2D eigenvalue weighted by atomic mass is 9.96. The van der Waals surface area contributed by atoms with E-state index in [9.17, 15) is 0 Å². The highest BCUT2D eigenvalue weighted by Crippen LogP contribution is 2.34. The topological polar surface area (TPSA) is 33.4 Å². The lowest BCUT2D eigenvalue weighted by molar-refractivity contribution is 0.636. The Balaban J connectivity index is 0.00000150. The molecule has 1 aliphatic heterocycles. The summed E-state index contributed by atoms with van der Waals surface area (Å²) in [5.41, 5.74) is 2.17. The van der Waals surface area contributed by atoms with Crippen LogP contribution in [0.5, 0.6) is 0 Å². The molecule has 1 aromatic heterocycles. The monoisotopic (exact) mass is 470 g/mol. The Morgan fingerprint density at radius 2 is 1.83 bits per heavy atom. The Labute approximate surface area is 193 Å². The van der Waals surface area contributed by atoms with Gasteiger partial charge in [-0.3, -0.25) is 4.99 Å². The van der Waals surface area contributed by atoms with Gasteiger partial charge in [-0.05, 0) is 30.7 Å². The summed E-state index contributed by atoms with van der Waals surface area (Å²) in [7, 11) is 0. The number of amidine groups is 1. The van der Waals surface area contributed by atoms with E-state index in [1.807, 2.05) is 37.5 Å². The Hall–Kier alpha value is -1.72. The largest absolute Gasteiger partial charge is 0.334 e. The number of aryl methyl sites for hydroxylation is 1. The third kappa shape index (κ3) is 5.07. The van der Waals surface area contributed by atoms with Crippen molar-refractivity contribution in [1.82, 2.24) is 9.55 Å². The molecule has 0 N–H and O–H groups in total. The van der Waals surface area contributed by atoms with E-state index < -0.39 is 0 Å². The number of hydrogen-bond acceptors (Lipinski definition) is 3. The summed E-state index contributed by atoms with van der Waals surface area (Å²) < 4.78 is 2.17. The number of nitrogens with zero attached hydrogens (tertiary/aromatic N) is 4. The van der Waals surface area contributed by atoms with Crippen LogP contribution in [0.2, 0.25) is 10.0 Å². The SMILES string of the molecule is Cc1nccn1CC(C1=NCCN1c1ccc(Cl)cc1Cl)c1ccccc1.Cl.Cl. The van der Waals surface area contributed by atoms with Crippen molar-refractivity contribution >= 4 is 59.5 Å². The smallest absolute Gasteiger partial charge is 0.113 e. The molecule has 4 rings (SSSR count). The summed E-state index contributed by atoms with van der Waals surface area (Å²) in [6.07, 6.45) is 3.85. The van der Waals surface area contributed by atoms with Gasteiger partial charge in [-0.15, -0.1) is 24.8 Å². The van der Waals surface area contributed by atoms with Gasteiger partial charge in [-0.1, -0.05) is 53.5 Å². The van der Waals surface area contributed by atoms with Gasteiger partial charge in [0, 0.05) is 30.5 Å². The van der Waals surface area contributed by atoms with Gasteiger partial charge in [0.1, 0.15) is 11.7 Å². The maximum absolute atomic E-state index is 6.50. The first kappa shape index (κ1) is 23.6. The standard InChI is InChI=1S/C21H20Cl2N4.2ClH/c1-15-24-9-11-26(15)14-18(16-5-3-2-4-6-16)21-25-10-12-27(21)20-8-7-17(22)13-19(20)23;;/h2-9,11,13,18H,10,12,14H2,1H3;2*1H. The Kier molecular flexibility index (Phi) is 8.41. The van der Waals surface area contributed by atoms with Crippen LogP contribution in [0.25, 0.3) is 0 Å². The van der Waals surface area contributed by atoms with Gasteiger partial charge in [0.05, 0.1) is 23.2 Å². The predicted octanol–water partition coefficient (Wildman–Crippen LogP) is 6.04. The summed E-state index contributed by atoms with van der Waals surface area (Å²) in [6.45, 7) is 4.35. The molecular formula is C21H22Cl4N4. The molecule has 1 atom stereocenters. The van der Waals surface area contributed by atoms with Gasteiger partial charge in [0.2, 0.25) is 0 Å². The number of imidazole rings is 1. The van der Waals surface area contributed by atoms with E-state index in [1.54, 1.807) is 6.07 Å². The van der Waals surface area contributed by atoms with Crippen LogP contribution in [0.15, 0.2) is 65.9 Å². The van der Waals surface area contributed by atoms with Crippen LogP contribution in [0, 0.1) is 6.92 Å². The second kappa shape index (κ2) is 10.4. The molecule has 8 heteroatoms. The normalized spacial score (nSPS) is 14.0. The zero-order valence-electron chi connectivity index (χ0n) is 15.8. The van der Waals surface area contributed by atoms with E-state index in [-0.39, 0.29) is 30.7 Å². The van der Waals surface area contributed by atoms with Crippen molar-refractivity contribution in [2.75, 3.05) is 18.0 Å². The summed E-state index contributed by atoms with van der Waals surface area (Å²) in [5, 5.41) is 1.28. The minimum atomic E-state index is 0. The van der Waals surface area contributed by atoms with Crippen LogP contribution >= 0.6 is 48.0 Å². The van der Waals surface area contributed by atoms with Crippen LogP contribution < -0.4 is 4.90 Å². The lowest BCUT2D eigenvalue weighted by Crippen LogP contribution is -2.34. The Morgan fingerprint density at radius 1 is 1.07 bits per heavy atom. The van der Waals surface area contributed by atoms with Crippen molar-refractivity contribution in [1.29, 1.82) is 0 Å². The average molecular weight is 472 g/mol. The van der Waals surface area contributed by atoms with E-state index in [0.717, 1.165) is 37.0 Å². The van der Waals surface area contributed by atoms with E-state index in [0.29, 0.717) is 10.0 Å². The fourth-order valence-electron chi connectivity index (χ4n) is 3.52. The molecule has 2 heterocycles. The summed E-state index contributed by atoms with van der Waals surface area (Å²) >= 11 is 12.6. The van der Waals surface area contributed by atoms with Gasteiger partial charge in [-0.2, -0.15) is 0 Å². The highest BCUT2D eigenvalue weighted by atomic mass is 35.5. The van der Waals surface area contributed by atoms with E-state index in [2.05, 4.69) is 38.7 Å². The number of aliphatic imine (C=N–C) groups is 1. The fraction of sp³-hybridized carbons (Fsp3) is 0.238. The number of aromatic nitrogens is 2. The van der Waals surface area contributed by atoms with Crippen molar-refractivity contribution in [3.63, 3.8) is 0 Å². The first-order valence-corrected chi connectivity index (χ1v) is 9.68.